The molecule has 0 saturated carbocycles. The minimum absolute atomic E-state index is 0.0611. The Kier molecular flexibility index (Phi) is 0.878. The van der Waals surface area contributed by atoms with Crippen molar-refractivity contribution < 1.29 is 9.60 Å². The highest BCUT2D eigenvalue weighted by atomic mass is 14.1. The number of allylic oxidation sites excluding steroid dienone is 1. The third-order valence-corrected chi connectivity index (χ3v) is 3.09. The van der Waals surface area contributed by atoms with E-state index in [9.17, 15) is 0 Å². The molecule has 1 aliphatic carbocycles. The van der Waals surface area contributed by atoms with Gasteiger partial charge in [-0.2, -0.15) is 0 Å². The average molecular weight is 223 g/mol. The second-order valence-electron chi connectivity index (χ2n) is 4.02. The highest BCUT2D eigenvalue weighted by Gasteiger charge is 2.10. The molecule has 80 valence electrons. The van der Waals surface area contributed by atoms with Gasteiger partial charge in [-0.3, -0.25) is 0 Å². The second kappa shape index (κ2) is 3.21. The van der Waals surface area contributed by atoms with Crippen LogP contribution in [0.4, 0.5) is 0 Å². The number of rotatable bonds is 0. The van der Waals surface area contributed by atoms with Gasteiger partial charge in [0.05, 0.1) is 8.22 Å². The molecule has 0 N–H and O–H groups in total. The molecule has 0 spiro atoms. The van der Waals surface area contributed by atoms with E-state index in [0.717, 1.165) is 5.56 Å². The van der Waals surface area contributed by atoms with Crippen LogP contribution in [0, 0.1) is 0 Å². The van der Waals surface area contributed by atoms with Gasteiger partial charge in [0.2, 0.25) is 0 Å². The summed E-state index contributed by atoms with van der Waals surface area (Å²) in [6.45, 7) is 0. The zero-order valence-electron chi connectivity index (χ0n) is 15.9. The van der Waals surface area contributed by atoms with E-state index in [0.29, 0.717) is 16.3 Å². The van der Waals surface area contributed by atoms with Gasteiger partial charge in [0.1, 0.15) is 0 Å². The number of benzene rings is 3. The van der Waals surface area contributed by atoms with Crippen molar-refractivity contribution in [2.24, 2.45) is 0 Å². The summed E-state index contributed by atoms with van der Waals surface area (Å²) in [5.41, 5.74) is 1.44. The zero-order valence-corrected chi connectivity index (χ0v) is 8.89. The minimum atomic E-state index is -0.639. The first kappa shape index (κ1) is 4.66. The van der Waals surface area contributed by atoms with E-state index in [1.165, 1.54) is 0 Å². The highest BCUT2D eigenvalue weighted by Crippen LogP contribution is 2.32. The molecule has 0 heterocycles. The molecule has 0 fully saturated rings. The van der Waals surface area contributed by atoms with Crippen molar-refractivity contribution in [3.63, 3.8) is 0 Å². The van der Waals surface area contributed by atoms with Gasteiger partial charge in [-0.15, -0.1) is 0 Å². The van der Waals surface area contributed by atoms with Gasteiger partial charge in [0.25, 0.3) is 0 Å². The maximum absolute atomic E-state index is 8.37. The maximum Gasteiger partial charge on any atom is 0.0630 e. The summed E-state index contributed by atoms with van der Waals surface area (Å²) in [6, 6.07) is 1.93. The van der Waals surface area contributed by atoms with Gasteiger partial charge in [-0.05, 0) is 39.1 Å². The Morgan fingerprint density at radius 2 is 1.88 bits per heavy atom. The summed E-state index contributed by atoms with van der Waals surface area (Å²) < 4.78 is 56.9. The van der Waals surface area contributed by atoms with E-state index in [1.807, 2.05) is 0 Å². The number of hydrogen-bond donors (Lipinski definition) is 0. The molecule has 0 aromatic heterocycles. The molecule has 0 radical (unpaired) electrons. The predicted molar refractivity (Wildman–Crippen MR) is 74.2 cm³/mol. The lowest BCUT2D eigenvalue weighted by Gasteiger charge is -2.08. The van der Waals surface area contributed by atoms with E-state index < -0.39 is 12.4 Å². The molecule has 1 unspecified atom stereocenters. The van der Waals surface area contributed by atoms with Crippen LogP contribution in [-0.2, 0) is 6.40 Å². The van der Waals surface area contributed by atoms with Crippen LogP contribution >= 0.6 is 0 Å². The molecule has 0 nitrogen and oxygen atoms in total. The van der Waals surface area contributed by atoms with Crippen molar-refractivity contribution in [2.45, 2.75) is 6.40 Å². The third kappa shape index (κ3) is 1.18. The summed E-state index contributed by atoms with van der Waals surface area (Å²) in [5.74, 6) is 0. The Balaban J connectivity index is 2.36. The van der Waals surface area contributed by atoms with Crippen LogP contribution in [0.2, 0.25) is 0 Å². The van der Waals surface area contributed by atoms with Crippen molar-refractivity contribution in [1.29, 1.82) is 0 Å². The van der Waals surface area contributed by atoms with Gasteiger partial charge in [0.15, 0.2) is 0 Å². The van der Waals surface area contributed by atoms with Gasteiger partial charge in [-0.1, -0.05) is 60.5 Å². The molecule has 0 heteroatoms. The van der Waals surface area contributed by atoms with Gasteiger partial charge in [0, 0.05) is 1.37 Å². The van der Waals surface area contributed by atoms with E-state index >= 15 is 0 Å². The van der Waals surface area contributed by atoms with Crippen LogP contribution in [-0.4, -0.2) is 0 Å². The summed E-state index contributed by atoms with van der Waals surface area (Å²) >= 11 is 0. The SMILES string of the molecule is [2H]c1c([2H])c([2H])c2c(c1[2H])c([2H])c([2H])c1c3c(ccc12)C=CC3[2H]. The van der Waals surface area contributed by atoms with Crippen LogP contribution in [0.25, 0.3) is 27.6 Å². The number of fused-ring (bicyclic) bond motifs is 5. The third-order valence-electron chi connectivity index (χ3n) is 3.09. The first-order chi connectivity index (χ1) is 11.3. The Labute approximate surface area is 110 Å². The van der Waals surface area contributed by atoms with Crippen molar-refractivity contribution in [1.82, 2.24) is 0 Å². The minimum Gasteiger partial charge on any atom is -0.0795 e. The Hall–Kier alpha value is -2.08. The average Bonchev–Trinajstić information content (AvgIpc) is 2.95. The van der Waals surface area contributed by atoms with Crippen molar-refractivity contribution in [3.8, 4) is 0 Å². The molecule has 4 rings (SSSR count). The Morgan fingerprint density at radius 3 is 2.88 bits per heavy atom. The van der Waals surface area contributed by atoms with Crippen molar-refractivity contribution >= 4 is 27.6 Å². The molecule has 0 bridgehead atoms. The fraction of sp³-hybridized carbons (Fsp3) is 0.0588. The Bertz CT molecular complexity index is 1080. The highest BCUT2D eigenvalue weighted by molar-refractivity contribution is 6.09. The second-order valence-corrected chi connectivity index (χ2v) is 4.02. The smallest absolute Gasteiger partial charge is 0.0630 e. The zero-order chi connectivity index (χ0) is 17.3. The van der Waals surface area contributed by atoms with Crippen LogP contribution < -0.4 is 0 Å². The molecule has 3 aromatic rings. The van der Waals surface area contributed by atoms with Crippen LogP contribution in [0.3, 0.4) is 0 Å². The molecule has 0 amide bonds. The summed E-state index contributed by atoms with van der Waals surface area (Å²) in [4.78, 5) is 0. The first-order valence-corrected chi connectivity index (χ1v) is 5.40. The number of hydrogen-bond acceptors (Lipinski definition) is 0. The fourth-order valence-corrected chi connectivity index (χ4v) is 2.28. The molecular weight excluding hydrogens is 204 g/mol. The standard InChI is InChI=1S/C17H12/c1-2-6-14-12(4-1)8-10-17-15-7-3-5-13(15)9-11-16(14)17/h1-6,8-11H,7H2/i1D,2D,4D,6D,7D,8D,10D. The monoisotopic (exact) mass is 223 g/mol. The summed E-state index contributed by atoms with van der Waals surface area (Å²) in [6.07, 6.45) is 2.87. The van der Waals surface area contributed by atoms with Crippen LogP contribution in [0.1, 0.15) is 20.7 Å². The molecule has 1 aliphatic rings. The van der Waals surface area contributed by atoms with E-state index in [4.69, 9.17) is 9.60 Å². The summed E-state index contributed by atoms with van der Waals surface area (Å²) in [7, 11) is 0. The fourth-order valence-electron chi connectivity index (χ4n) is 2.28. The van der Waals surface area contributed by atoms with E-state index in [2.05, 4.69) is 0 Å². The van der Waals surface area contributed by atoms with Crippen LogP contribution in [0.5, 0.6) is 0 Å². The lowest BCUT2D eigenvalue weighted by molar-refractivity contribution is 1.35. The lowest BCUT2D eigenvalue weighted by Crippen LogP contribution is -1.86. The largest absolute Gasteiger partial charge is 0.0795 e. The van der Waals surface area contributed by atoms with Crippen molar-refractivity contribution in [3.05, 3.63) is 65.6 Å². The first-order valence-electron chi connectivity index (χ1n) is 8.98. The predicted octanol–water partition coefficient (Wildman–Crippen LogP) is 4.56. The Morgan fingerprint density at radius 1 is 0.941 bits per heavy atom. The maximum atomic E-state index is 8.37. The molecule has 17 heavy (non-hydrogen) atoms. The van der Waals surface area contributed by atoms with Crippen molar-refractivity contribution in [2.75, 3.05) is 0 Å². The van der Waals surface area contributed by atoms with E-state index in [1.54, 1.807) is 24.3 Å². The quantitative estimate of drug-likeness (QED) is 0.490. The van der Waals surface area contributed by atoms with Crippen LogP contribution in [0.15, 0.2) is 54.5 Å². The normalized spacial score (nSPS) is 23.5. The molecule has 0 saturated heterocycles. The molecule has 3 aromatic carbocycles. The molecule has 0 aliphatic heterocycles. The topological polar surface area (TPSA) is 0 Å². The van der Waals surface area contributed by atoms with Gasteiger partial charge >= 0.3 is 0 Å². The van der Waals surface area contributed by atoms with Gasteiger partial charge in [-0.25, -0.2) is 0 Å². The lowest BCUT2D eigenvalue weighted by atomic mass is 9.96. The molecular formula is C17H12. The van der Waals surface area contributed by atoms with E-state index in [-0.39, 0.29) is 41.0 Å². The molecule has 1 atom stereocenters. The van der Waals surface area contributed by atoms with Gasteiger partial charge < -0.3 is 0 Å². The summed E-state index contributed by atoms with van der Waals surface area (Å²) in [5, 5.41) is 1.24.